The number of rotatable bonds is 8. The smallest absolute Gasteiger partial charge is 0.305 e. The first-order valence-electron chi connectivity index (χ1n) is 8.93. The van der Waals surface area contributed by atoms with Gasteiger partial charge in [-0.2, -0.15) is 0 Å². The highest BCUT2D eigenvalue weighted by atomic mass is 16.9. The fraction of sp³-hybridized carbons (Fsp3) is 0.579. The van der Waals surface area contributed by atoms with Crippen molar-refractivity contribution in [1.29, 1.82) is 0 Å². The number of methoxy groups -OCH3 is 1. The van der Waals surface area contributed by atoms with E-state index in [0.717, 1.165) is 5.56 Å². The number of hydrogen-bond donors (Lipinski definition) is 0. The van der Waals surface area contributed by atoms with Crippen molar-refractivity contribution >= 4 is 11.9 Å². The van der Waals surface area contributed by atoms with E-state index in [9.17, 15) is 9.59 Å². The van der Waals surface area contributed by atoms with Crippen molar-refractivity contribution in [3.8, 4) is 0 Å². The summed E-state index contributed by atoms with van der Waals surface area (Å²) < 4.78 is 16.5. The fourth-order valence-corrected chi connectivity index (χ4v) is 3.62. The second-order valence-electron chi connectivity index (χ2n) is 6.57. The number of ether oxygens (including phenoxy) is 3. The molecule has 7 heteroatoms. The van der Waals surface area contributed by atoms with Crippen LogP contribution in [0.3, 0.4) is 0 Å². The van der Waals surface area contributed by atoms with Crippen LogP contribution in [0.2, 0.25) is 0 Å². The number of carbonyl (C=O) groups is 2. The van der Waals surface area contributed by atoms with Crippen LogP contribution in [0.5, 0.6) is 0 Å². The minimum atomic E-state index is -1.03. The Labute approximate surface area is 153 Å². The van der Waals surface area contributed by atoms with E-state index in [1.165, 1.54) is 12.2 Å². The molecule has 1 amide bonds. The summed E-state index contributed by atoms with van der Waals surface area (Å²) >= 11 is 0. The number of hydrogen-bond acceptors (Lipinski definition) is 6. The maximum absolute atomic E-state index is 12.5. The fourth-order valence-electron chi connectivity index (χ4n) is 3.62. The second-order valence-corrected chi connectivity index (χ2v) is 6.57. The number of amides is 1. The molecule has 0 saturated carbocycles. The van der Waals surface area contributed by atoms with E-state index in [-0.39, 0.29) is 43.2 Å². The monoisotopic (exact) mass is 363 g/mol. The van der Waals surface area contributed by atoms with Gasteiger partial charge in [0.05, 0.1) is 19.4 Å². The van der Waals surface area contributed by atoms with E-state index >= 15 is 0 Å². The minimum absolute atomic E-state index is 0.0855. The number of carbonyl (C=O) groups excluding carboxylic acids is 2. The summed E-state index contributed by atoms with van der Waals surface area (Å²) in [7, 11) is 1.34. The summed E-state index contributed by atoms with van der Waals surface area (Å²) in [5.74, 6) is -1.71. The maximum Gasteiger partial charge on any atom is 0.305 e. The van der Waals surface area contributed by atoms with Gasteiger partial charge in [-0.1, -0.05) is 37.3 Å². The molecule has 1 aromatic carbocycles. The van der Waals surface area contributed by atoms with E-state index in [4.69, 9.17) is 19.0 Å². The lowest BCUT2D eigenvalue weighted by molar-refractivity contribution is -0.483. The van der Waals surface area contributed by atoms with Gasteiger partial charge in [-0.05, 0) is 18.9 Å². The number of esters is 1. The van der Waals surface area contributed by atoms with Gasteiger partial charge in [0, 0.05) is 6.42 Å². The molecule has 0 radical (unpaired) electrons. The summed E-state index contributed by atoms with van der Waals surface area (Å²) in [5, 5.41) is 1.35. The standard InChI is InChI=1S/C19H25NO6/c1-4-15-17(19(25-13(2)26-19)11-10-16(21)23-3)20(18(15)22)24-12-14-8-6-5-7-9-14/h5-9,13,15,17H,4,10-12H2,1-3H3. The quantitative estimate of drug-likeness (QED) is 0.522. The van der Waals surface area contributed by atoms with Crippen molar-refractivity contribution in [2.45, 2.75) is 57.8 Å². The number of nitrogens with zero attached hydrogens (tertiary/aromatic N) is 1. The van der Waals surface area contributed by atoms with Gasteiger partial charge in [-0.3, -0.25) is 14.4 Å². The van der Waals surface area contributed by atoms with Crippen molar-refractivity contribution in [3.05, 3.63) is 35.9 Å². The molecule has 2 atom stereocenters. The summed E-state index contributed by atoms with van der Waals surface area (Å²) in [4.78, 5) is 29.8. The van der Waals surface area contributed by atoms with Crippen LogP contribution < -0.4 is 0 Å². The molecular weight excluding hydrogens is 338 g/mol. The third-order valence-electron chi connectivity index (χ3n) is 4.91. The van der Waals surface area contributed by atoms with Gasteiger partial charge in [-0.15, -0.1) is 0 Å². The molecule has 0 aliphatic carbocycles. The number of β-lactam (4-membered cyclic amide) rings is 1. The molecule has 0 N–H and O–H groups in total. The molecule has 2 heterocycles. The Morgan fingerprint density at radius 2 is 1.96 bits per heavy atom. The van der Waals surface area contributed by atoms with Crippen LogP contribution in [0, 0.1) is 5.92 Å². The van der Waals surface area contributed by atoms with Crippen molar-refractivity contribution in [2.75, 3.05) is 7.11 Å². The third kappa shape index (κ3) is 3.47. The summed E-state index contributed by atoms with van der Waals surface area (Å²) in [6, 6.07) is 9.24. The van der Waals surface area contributed by atoms with Gasteiger partial charge in [-0.25, -0.2) is 5.06 Å². The first kappa shape index (κ1) is 18.8. The lowest BCUT2D eigenvalue weighted by Crippen LogP contribution is -2.75. The molecule has 0 aromatic heterocycles. The van der Waals surface area contributed by atoms with E-state index in [1.807, 2.05) is 37.3 Å². The number of benzene rings is 1. The third-order valence-corrected chi connectivity index (χ3v) is 4.91. The summed E-state index contributed by atoms with van der Waals surface area (Å²) in [6.45, 7) is 4.01. The summed E-state index contributed by atoms with van der Waals surface area (Å²) in [5.41, 5.74) is 0.964. The molecule has 0 spiro atoms. The highest BCUT2D eigenvalue weighted by Crippen LogP contribution is 2.47. The van der Waals surface area contributed by atoms with E-state index in [2.05, 4.69) is 0 Å². The highest BCUT2D eigenvalue weighted by molar-refractivity contribution is 5.85. The Morgan fingerprint density at radius 1 is 1.27 bits per heavy atom. The van der Waals surface area contributed by atoms with Gasteiger partial charge in [0.2, 0.25) is 0 Å². The zero-order valence-corrected chi connectivity index (χ0v) is 15.3. The average Bonchev–Trinajstić information content (AvgIpc) is 2.63. The van der Waals surface area contributed by atoms with Crippen molar-refractivity contribution in [2.24, 2.45) is 5.92 Å². The van der Waals surface area contributed by atoms with Crippen LogP contribution in [0.15, 0.2) is 30.3 Å². The first-order valence-corrected chi connectivity index (χ1v) is 8.93. The highest BCUT2D eigenvalue weighted by Gasteiger charge is 2.64. The number of hydroxylamine groups is 2. The maximum atomic E-state index is 12.5. The molecule has 142 valence electrons. The molecule has 7 nitrogen and oxygen atoms in total. The lowest BCUT2D eigenvalue weighted by atomic mass is 9.79. The Morgan fingerprint density at radius 3 is 2.54 bits per heavy atom. The topological polar surface area (TPSA) is 74.3 Å². The van der Waals surface area contributed by atoms with Crippen LogP contribution in [-0.4, -0.2) is 42.2 Å². The largest absolute Gasteiger partial charge is 0.469 e. The molecule has 3 rings (SSSR count). The zero-order valence-electron chi connectivity index (χ0n) is 15.3. The molecule has 2 saturated heterocycles. The van der Waals surface area contributed by atoms with Gasteiger partial charge in [0.25, 0.3) is 5.91 Å². The molecule has 2 fully saturated rings. The second kappa shape index (κ2) is 7.73. The van der Waals surface area contributed by atoms with E-state index in [0.29, 0.717) is 12.8 Å². The van der Waals surface area contributed by atoms with Gasteiger partial charge >= 0.3 is 5.97 Å². The summed E-state index contributed by atoms with van der Waals surface area (Å²) in [6.07, 6.45) is 0.730. The van der Waals surface area contributed by atoms with E-state index in [1.54, 1.807) is 6.92 Å². The molecular formula is C19H25NO6. The van der Waals surface area contributed by atoms with Gasteiger partial charge in [0.15, 0.2) is 12.1 Å². The van der Waals surface area contributed by atoms with Crippen molar-refractivity contribution in [1.82, 2.24) is 5.06 Å². The average molecular weight is 363 g/mol. The van der Waals surface area contributed by atoms with Crippen molar-refractivity contribution in [3.63, 3.8) is 0 Å². The first-order chi connectivity index (χ1) is 12.5. The zero-order chi connectivity index (χ0) is 18.7. The normalized spacial score (nSPS) is 30.5. The van der Waals surface area contributed by atoms with Crippen LogP contribution in [-0.2, 0) is 35.2 Å². The van der Waals surface area contributed by atoms with Gasteiger partial charge < -0.3 is 14.2 Å². The Bertz CT molecular complexity index is 643. The molecule has 2 aliphatic rings. The predicted octanol–water partition coefficient (Wildman–Crippen LogP) is 2.40. The minimum Gasteiger partial charge on any atom is -0.469 e. The van der Waals surface area contributed by atoms with Crippen LogP contribution >= 0.6 is 0 Å². The van der Waals surface area contributed by atoms with E-state index < -0.39 is 5.79 Å². The molecule has 2 unspecified atom stereocenters. The predicted molar refractivity (Wildman–Crippen MR) is 91.3 cm³/mol. The SMILES string of the molecule is CCC1C(=O)N(OCc2ccccc2)C1C1(CCC(=O)OC)OC(C)O1. The van der Waals surface area contributed by atoms with Crippen LogP contribution in [0.4, 0.5) is 0 Å². The van der Waals surface area contributed by atoms with Crippen LogP contribution in [0.25, 0.3) is 0 Å². The Kier molecular flexibility index (Phi) is 5.60. The van der Waals surface area contributed by atoms with Crippen molar-refractivity contribution < 1.29 is 28.6 Å². The lowest BCUT2D eigenvalue weighted by Gasteiger charge is -2.59. The molecule has 26 heavy (non-hydrogen) atoms. The Hall–Kier alpha value is -1.96. The van der Waals surface area contributed by atoms with Crippen LogP contribution in [0.1, 0.15) is 38.7 Å². The molecule has 1 aromatic rings. The Balaban J connectivity index is 1.72. The van der Waals surface area contributed by atoms with Gasteiger partial charge in [0.1, 0.15) is 12.6 Å². The molecule has 0 bridgehead atoms. The molecule has 2 aliphatic heterocycles.